The maximum atomic E-state index is 13.5. The Morgan fingerprint density at radius 3 is 2.48 bits per heavy atom. The summed E-state index contributed by atoms with van der Waals surface area (Å²) in [5, 5.41) is 10.2. The fourth-order valence-corrected chi connectivity index (χ4v) is 8.57. The van der Waals surface area contributed by atoms with Crippen molar-refractivity contribution in [3.05, 3.63) is 23.8 Å². The molecule has 2 heteroatoms. The lowest BCUT2D eigenvalue weighted by atomic mass is 9.46. The molecule has 0 amide bonds. The molecule has 0 aliphatic heterocycles. The number of aliphatic hydroxyl groups is 1. The molecule has 0 aromatic carbocycles. The molecule has 4 rings (SSSR count). The van der Waals surface area contributed by atoms with E-state index in [9.17, 15) is 9.90 Å². The van der Waals surface area contributed by atoms with Gasteiger partial charge in [0, 0.05) is 5.92 Å². The van der Waals surface area contributed by atoms with Crippen molar-refractivity contribution in [1.82, 2.24) is 0 Å². The molecule has 31 heavy (non-hydrogen) atoms. The maximum Gasteiger partial charge on any atom is 0.159 e. The molecule has 0 spiro atoms. The first-order chi connectivity index (χ1) is 14.6. The van der Waals surface area contributed by atoms with Crippen molar-refractivity contribution < 1.29 is 9.90 Å². The molecule has 3 fully saturated rings. The van der Waals surface area contributed by atoms with Gasteiger partial charge in [0.15, 0.2) is 5.78 Å². The van der Waals surface area contributed by atoms with Gasteiger partial charge >= 0.3 is 0 Å². The summed E-state index contributed by atoms with van der Waals surface area (Å²) in [5.74, 6) is 4.27. The Hall–Kier alpha value is -0.890. The second kappa shape index (κ2) is 8.47. The fourth-order valence-electron chi connectivity index (χ4n) is 8.57. The quantitative estimate of drug-likeness (QED) is 0.481. The second-order valence-electron chi connectivity index (χ2n) is 12.4. The largest absolute Gasteiger partial charge is 0.393 e. The van der Waals surface area contributed by atoms with E-state index >= 15 is 0 Å². The third kappa shape index (κ3) is 3.79. The van der Waals surface area contributed by atoms with Crippen molar-refractivity contribution in [3.63, 3.8) is 0 Å². The van der Waals surface area contributed by atoms with Gasteiger partial charge in [-0.2, -0.15) is 0 Å². The lowest BCUT2D eigenvalue weighted by Gasteiger charge is -2.57. The van der Waals surface area contributed by atoms with Crippen LogP contribution in [-0.2, 0) is 4.79 Å². The van der Waals surface area contributed by atoms with Gasteiger partial charge < -0.3 is 5.11 Å². The molecular formula is C29H46O2. The first kappa shape index (κ1) is 23.3. The summed E-state index contributed by atoms with van der Waals surface area (Å²) in [6.07, 6.45) is 15.6. The summed E-state index contributed by atoms with van der Waals surface area (Å²) >= 11 is 0. The number of fused-ring (bicyclic) bond motifs is 5. The fraction of sp³-hybridized carbons (Fsp3) is 0.828. The monoisotopic (exact) mass is 426 g/mol. The van der Waals surface area contributed by atoms with Gasteiger partial charge in [-0.15, -0.1) is 0 Å². The Labute approximate surface area is 191 Å². The van der Waals surface area contributed by atoms with Crippen molar-refractivity contribution in [2.24, 2.45) is 52.3 Å². The zero-order chi connectivity index (χ0) is 22.6. The molecular weight excluding hydrogens is 380 g/mol. The van der Waals surface area contributed by atoms with Gasteiger partial charge in [0.25, 0.3) is 0 Å². The van der Waals surface area contributed by atoms with Crippen LogP contribution in [0.1, 0.15) is 92.9 Å². The van der Waals surface area contributed by atoms with Crippen LogP contribution in [0.2, 0.25) is 0 Å². The molecule has 0 radical (unpaired) electrons. The van der Waals surface area contributed by atoms with Crippen LogP contribution in [0, 0.1) is 52.3 Å². The predicted octanol–water partition coefficient (Wildman–Crippen LogP) is 6.98. The zero-order valence-corrected chi connectivity index (χ0v) is 20.9. The standard InChI is InChI=1S/C29H46O2/c1-7-20(18(2)3)9-8-19(4)23-10-11-24-27-25(13-15-29(23,24)6)28(5)14-12-22(30)16-21(28)17-26(27)31/h8-9,17-20,22-25,27,30H,7,10-16H2,1-6H3/t19-,20-,22-,23-,24+,25+,27+,28+,29-/m1/s1. The van der Waals surface area contributed by atoms with E-state index in [0.717, 1.165) is 12.8 Å². The first-order valence-electron chi connectivity index (χ1n) is 13.2. The van der Waals surface area contributed by atoms with Gasteiger partial charge in [0.1, 0.15) is 0 Å². The van der Waals surface area contributed by atoms with Gasteiger partial charge in [0.2, 0.25) is 0 Å². The number of carbonyl (C=O) groups excluding carboxylic acids is 1. The van der Waals surface area contributed by atoms with Crippen LogP contribution in [0.15, 0.2) is 23.8 Å². The minimum absolute atomic E-state index is 0.133. The number of rotatable bonds is 5. The van der Waals surface area contributed by atoms with Crippen molar-refractivity contribution >= 4 is 5.78 Å². The lowest BCUT2D eigenvalue weighted by Crippen LogP contribution is -2.53. The van der Waals surface area contributed by atoms with Gasteiger partial charge in [0.05, 0.1) is 6.10 Å². The van der Waals surface area contributed by atoms with Crippen LogP contribution in [-0.4, -0.2) is 17.0 Å². The molecule has 4 aliphatic rings. The van der Waals surface area contributed by atoms with Crippen LogP contribution >= 0.6 is 0 Å². The molecule has 0 heterocycles. The molecule has 9 atom stereocenters. The Morgan fingerprint density at radius 2 is 1.81 bits per heavy atom. The average Bonchev–Trinajstić information content (AvgIpc) is 3.06. The van der Waals surface area contributed by atoms with E-state index in [1.807, 2.05) is 6.08 Å². The van der Waals surface area contributed by atoms with E-state index in [-0.39, 0.29) is 22.9 Å². The van der Waals surface area contributed by atoms with E-state index in [1.54, 1.807) is 0 Å². The van der Waals surface area contributed by atoms with Gasteiger partial charge in [-0.1, -0.05) is 59.3 Å². The lowest BCUT2D eigenvalue weighted by molar-refractivity contribution is -0.134. The van der Waals surface area contributed by atoms with Gasteiger partial charge in [-0.05, 0) is 104 Å². The van der Waals surface area contributed by atoms with Crippen molar-refractivity contribution in [2.45, 2.75) is 99.0 Å². The number of hydrogen-bond donors (Lipinski definition) is 1. The molecule has 3 saturated carbocycles. The van der Waals surface area contributed by atoms with E-state index in [1.165, 1.54) is 37.7 Å². The average molecular weight is 427 g/mol. The molecule has 0 bridgehead atoms. The number of allylic oxidation sites excluding steroid dienone is 3. The highest BCUT2D eigenvalue weighted by Gasteiger charge is 2.61. The van der Waals surface area contributed by atoms with Crippen LogP contribution in [0.3, 0.4) is 0 Å². The van der Waals surface area contributed by atoms with Crippen LogP contribution in [0.5, 0.6) is 0 Å². The van der Waals surface area contributed by atoms with Crippen molar-refractivity contribution in [3.8, 4) is 0 Å². The van der Waals surface area contributed by atoms with E-state index in [4.69, 9.17) is 0 Å². The van der Waals surface area contributed by atoms with Crippen LogP contribution < -0.4 is 0 Å². The summed E-state index contributed by atoms with van der Waals surface area (Å²) in [6.45, 7) is 14.3. The molecule has 0 aromatic heterocycles. The second-order valence-corrected chi connectivity index (χ2v) is 12.4. The summed E-state index contributed by atoms with van der Waals surface area (Å²) in [5.41, 5.74) is 1.68. The minimum Gasteiger partial charge on any atom is -0.393 e. The summed E-state index contributed by atoms with van der Waals surface area (Å²) in [6, 6.07) is 0. The van der Waals surface area contributed by atoms with Crippen molar-refractivity contribution in [2.75, 3.05) is 0 Å². The number of hydrogen-bond acceptors (Lipinski definition) is 2. The first-order valence-corrected chi connectivity index (χ1v) is 13.2. The summed E-state index contributed by atoms with van der Waals surface area (Å²) < 4.78 is 0. The maximum absolute atomic E-state index is 13.5. The van der Waals surface area contributed by atoms with Crippen molar-refractivity contribution in [1.29, 1.82) is 0 Å². The molecule has 2 nitrogen and oxygen atoms in total. The summed E-state index contributed by atoms with van der Waals surface area (Å²) in [7, 11) is 0. The van der Waals surface area contributed by atoms with Gasteiger partial charge in [-0.25, -0.2) is 0 Å². The van der Waals surface area contributed by atoms with E-state index in [2.05, 4.69) is 53.7 Å². The predicted molar refractivity (Wildman–Crippen MR) is 129 cm³/mol. The molecule has 174 valence electrons. The third-order valence-electron chi connectivity index (χ3n) is 10.6. The minimum atomic E-state index is -0.251. The molecule has 0 saturated heterocycles. The SMILES string of the molecule is CC[C@H](C=C[C@@H](C)[C@H]1CC[C@H]2[C@@H]3C(=O)C=C4C[C@H](O)CC[C@]4(C)[C@H]3CC[C@]12C)C(C)C. The Morgan fingerprint density at radius 1 is 1.06 bits per heavy atom. The normalized spacial score (nSPS) is 44.6. The molecule has 1 N–H and O–H groups in total. The Kier molecular flexibility index (Phi) is 6.36. The topological polar surface area (TPSA) is 37.3 Å². The Balaban J connectivity index is 1.57. The van der Waals surface area contributed by atoms with Gasteiger partial charge in [-0.3, -0.25) is 4.79 Å². The van der Waals surface area contributed by atoms with Crippen LogP contribution in [0.25, 0.3) is 0 Å². The van der Waals surface area contributed by atoms with Crippen LogP contribution in [0.4, 0.5) is 0 Å². The molecule has 4 aliphatic carbocycles. The summed E-state index contributed by atoms with van der Waals surface area (Å²) in [4.78, 5) is 13.5. The highest BCUT2D eigenvalue weighted by Crippen LogP contribution is 2.66. The molecule has 0 unspecified atom stereocenters. The molecule has 0 aromatic rings. The number of ketones is 1. The van der Waals surface area contributed by atoms with E-state index < -0.39 is 0 Å². The highest BCUT2D eigenvalue weighted by atomic mass is 16.3. The Bertz CT molecular complexity index is 748. The highest BCUT2D eigenvalue weighted by molar-refractivity contribution is 5.94. The van der Waals surface area contributed by atoms with E-state index in [0.29, 0.717) is 47.7 Å². The number of aliphatic hydroxyl groups excluding tert-OH is 1. The smallest absolute Gasteiger partial charge is 0.159 e. The third-order valence-corrected chi connectivity index (χ3v) is 10.6. The number of carbonyl (C=O) groups is 1. The zero-order valence-electron chi connectivity index (χ0n) is 20.9.